The summed E-state index contributed by atoms with van der Waals surface area (Å²) >= 11 is 1.35. The first-order chi connectivity index (χ1) is 9.17. The number of amides is 2. The van der Waals surface area contributed by atoms with E-state index in [1.807, 2.05) is 0 Å². The van der Waals surface area contributed by atoms with E-state index in [4.69, 9.17) is 5.11 Å². The summed E-state index contributed by atoms with van der Waals surface area (Å²) in [5, 5.41) is 13.9. The number of urea groups is 1. The fourth-order valence-corrected chi connectivity index (χ4v) is 1.77. The Morgan fingerprint density at radius 3 is 2.55 bits per heavy atom. The van der Waals surface area contributed by atoms with Gasteiger partial charge >= 0.3 is 18.2 Å². The van der Waals surface area contributed by atoms with Crippen molar-refractivity contribution in [1.29, 1.82) is 0 Å². The number of hydrogen-bond donors (Lipinski definition) is 3. The molecule has 3 N–H and O–H groups in total. The van der Waals surface area contributed by atoms with Gasteiger partial charge in [0.25, 0.3) is 0 Å². The standard InChI is InChI=1S/C10H12F3N3O3S/c1-9(7(17)18,10(11,12)13)16-8(19)14-3-2-6-4-20-5-15-6/h4-5H,2-3H2,1H3,(H,17,18)(H2,14,16,19). The average Bonchev–Trinajstić information content (AvgIpc) is 2.80. The van der Waals surface area contributed by atoms with E-state index in [0.717, 1.165) is 0 Å². The Morgan fingerprint density at radius 2 is 2.10 bits per heavy atom. The third-order valence-corrected chi connectivity index (χ3v) is 3.14. The van der Waals surface area contributed by atoms with Crippen LogP contribution in [0.15, 0.2) is 10.9 Å². The van der Waals surface area contributed by atoms with Gasteiger partial charge < -0.3 is 15.7 Å². The van der Waals surface area contributed by atoms with E-state index in [9.17, 15) is 22.8 Å². The van der Waals surface area contributed by atoms with Crippen molar-refractivity contribution in [2.75, 3.05) is 6.54 Å². The van der Waals surface area contributed by atoms with E-state index in [2.05, 4.69) is 10.3 Å². The number of rotatable bonds is 5. The summed E-state index contributed by atoms with van der Waals surface area (Å²) in [7, 11) is 0. The van der Waals surface area contributed by atoms with Crippen molar-refractivity contribution in [2.24, 2.45) is 0 Å². The van der Waals surface area contributed by atoms with Crippen LogP contribution in [0.25, 0.3) is 0 Å². The lowest BCUT2D eigenvalue weighted by Gasteiger charge is -2.28. The monoisotopic (exact) mass is 311 g/mol. The molecule has 1 heterocycles. The molecule has 0 fully saturated rings. The van der Waals surface area contributed by atoms with Crippen molar-refractivity contribution >= 4 is 23.3 Å². The largest absolute Gasteiger partial charge is 0.479 e. The predicted octanol–water partition coefficient (Wildman–Crippen LogP) is 1.39. The molecule has 1 aromatic heterocycles. The lowest BCUT2D eigenvalue weighted by molar-refractivity contribution is -0.203. The Morgan fingerprint density at radius 1 is 1.45 bits per heavy atom. The summed E-state index contributed by atoms with van der Waals surface area (Å²) < 4.78 is 37.9. The van der Waals surface area contributed by atoms with Crippen LogP contribution in [0.5, 0.6) is 0 Å². The molecule has 0 aliphatic carbocycles. The number of carbonyl (C=O) groups is 2. The number of nitrogens with one attached hydrogen (secondary N) is 2. The molecule has 20 heavy (non-hydrogen) atoms. The van der Waals surface area contributed by atoms with Crippen LogP contribution in [0, 0.1) is 0 Å². The zero-order valence-corrected chi connectivity index (χ0v) is 11.1. The summed E-state index contributed by atoms with van der Waals surface area (Å²) in [4.78, 5) is 26.0. The second-order valence-corrected chi connectivity index (χ2v) is 4.76. The maximum absolute atomic E-state index is 12.6. The van der Waals surface area contributed by atoms with Gasteiger partial charge in [-0.1, -0.05) is 0 Å². The highest BCUT2D eigenvalue weighted by Gasteiger charge is 2.58. The Labute approximate surface area is 116 Å². The van der Waals surface area contributed by atoms with Gasteiger partial charge in [0.1, 0.15) is 0 Å². The highest BCUT2D eigenvalue weighted by atomic mass is 32.1. The number of halogens is 3. The summed E-state index contributed by atoms with van der Waals surface area (Å²) in [6.45, 7) is 0.429. The van der Waals surface area contributed by atoms with E-state index in [0.29, 0.717) is 19.0 Å². The Hall–Kier alpha value is -1.84. The zero-order chi connectivity index (χ0) is 15.4. The molecule has 0 bridgehead atoms. The SMILES string of the molecule is CC(NC(=O)NCCc1cscn1)(C(=O)O)C(F)(F)F. The van der Waals surface area contributed by atoms with Crippen molar-refractivity contribution in [1.82, 2.24) is 15.6 Å². The Balaban J connectivity index is 2.53. The lowest BCUT2D eigenvalue weighted by atomic mass is 10.0. The van der Waals surface area contributed by atoms with Gasteiger partial charge in [0.2, 0.25) is 5.54 Å². The topological polar surface area (TPSA) is 91.3 Å². The Bertz CT molecular complexity index is 478. The van der Waals surface area contributed by atoms with E-state index < -0.39 is 23.7 Å². The van der Waals surface area contributed by atoms with Gasteiger partial charge in [-0.25, -0.2) is 14.6 Å². The minimum Gasteiger partial charge on any atom is -0.479 e. The van der Waals surface area contributed by atoms with Gasteiger partial charge in [-0.05, 0) is 6.92 Å². The number of nitrogens with zero attached hydrogens (tertiary/aromatic N) is 1. The fourth-order valence-electron chi connectivity index (χ4n) is 1.18. The molecular weight excluding hydrogens is 299 g/mol. The Kier molecular flexibility index (Phi) is 4.93. The van der Waals surface area contributed by atoms with Crippen LogP contribution in [-0.2, 0) is 11.2 Å². The molecule has 0 spiro atoms. The smallest absolute Gasteiger partial charge is 0.422 e. The molecular formula is C10H12F3N3O3S. The molecule has 10 heteroatoms. The zero-order valence-electron chi connectivity index (χ0n) is 10.3. The minimum atomic E-state index is -5.11. The molecule has 0 saturated heterocycles. The van der Waals surface area contributed by atoms with Crippen LogP contribution in [0.4, 0.5) is 18.0 Å². The highest BCUT2D eigenvalue weighted by molar-refractivity contribution is 7.07. The van der Waals surface area contributed by atoms with E-state index >= 15 is 0 Å². The molecule has 2 amide bonds. The maximum atomic E-state index is 12.6. The molecule has 0 aliphatic heterocycles. The van der Waals surface area contributed by atoms with E-state index in [1.165, 1.54) is 16.7 Å². The lowest BCUT2D eigenvalue weighted by Crippen LogP contribution is -2.63. The van der Waals surface area contributed by atoms with Crippen molar-refractivity contribution < 1.29 is 27.9 Å². The van der Waals surface area contributed by atoms with Gasteiger partial charge in [0.15, 0.2) is 0 Å². The highest BCUT2D eigenvalue weighted by Crippen LogP contribution is 2.30. The number of alkyl halides is 3. The summed E-state index contributed by atoms with van der Waals surface area (Å²) in [6, 6.07) is -1.21. The van der Waals surface area contributed by atoms with E-state index in [1.54, 1.807) is 10.9 Å². The van der Waals surface area contributed by atoms with Gasteiger partial charge in [-0.2, -0.15) is 13.2 Å². The van der Waals surface area contributed by atoms with Crippen molar-refractivity contribution in [3.8, 4) is 0 Å². The number of carboxylic acid groups (broad SMARTS) is 1. The van der Waals surface area contributed by atoms with E-state index in [-0.39, 0.29) is 6.54 Å². The number of carbonyl (C=O) groups excluding carboxylic acids is 1. The summed E-state index contributed by atoms with van der Waals surface area (Å²) in [5.74, 6) is -2.18. The molecule has 0 aliphatic rings. The van der Waals surface area contributed by atoms with Crippen molar-refractivity contribution in [2.45, 2.75) is 25.1 Å². The molecule has 6 nitrogen and oxygen atoms in total. The molecule has 1 atom stereocenters. The first-order valence-electron chi connectivity index (χ1n) is 5.40. The molecule has 0 saturated carbocycles. The maximum Gasteiger partial charge on any atom is 0.422 e. The summed E-state index contributed by atoms with van der Waals surface area (Å²) in [6.07, 6.45) is -4.77. The first-order valence-corrected chi connectivity index (χ1v) is 6.34. The van der Waals surface area contributed by atoms with Crippen molar-refractivity contribution in [3.63, 3.8) is 0 Å². The van der Waals surface area contributed by atoms with Gasteiger partial charge in [0.05, 0.1) is 11.2 Å². The molecule has 1 rings (SSSR count). The third-order valence-electron chi connectivity index (χ3n) is 2.51. The van der Waals surface area contributed by atoms with Crippen LogP contribution in [-0.4, -0.2) is 40.4 Å². The predicted molar refractivity (Wildman–Crippen MR) is 64.4 cm³/mol. The number of aromatic nitrogens is 1. The van der Waals surface area contributed by atoms with Crippen LogP contribution in [0.3, 0.4) is 0 Å². The molecule has 1 unspecified atom stereocenters. The number of hydrogen-bond acceptors (Lipinski definition) is 4. The summed E-state index contributed by atoms with van der Waals surface area (Å²) in [5.41, 5.74) is -1.06. The first kappa shape index (κ1) is 16.2. The quantitative estimate of drug-likeness (QED) is 0.766. The number of carboxylic acids is 1. The molecule has 112 valence electrons. The second kappa shape index (κ2) is 6.07. The minimum absolute atomic E-state index is 0.0448. The van der Waals surface area contributed by atoms with Gasteiger partial charge in [0, 0.05) is 18.3 Å². The normalized spacial score (nSPS) is 14.4. The van der Waals surface area contributed by atoms with Gasteiger partial charge in [-0.15, -0.1) is 11.3 Å². The van der Waals surface area contributed by atoms with Crippen molar-refractivity contribution in [3.05, 3.63) is 16.6 Å². The number of thiazole rings is 1. The average molecular weight is 311 g/mol. The molecule has 0 aromatic carbocycles. The van der Waals surface area contributed by atoms with Crippen LogP contribution in [0.1, 0.15) is 12.6 Å². The molecule has 0 radical (unpaired) electrons. The fraction of sp³-hybridized carbons (Fsp3) is 0.500. The van der Waals surface area contributed by atoms with Crippen LogP contribution < -0.4 is 10.6 Å². The van der Waals surface area contributed by atoms with Gasteiger partial charge in [-0.3, -0.25) is 0 Å². The second-order valence-electron chi connectivity index (χ2n) is 4.04. The van der Waals surface area contributed by atoms with Crippen LogP contribution in [0.2, 0.25) is 0 Å². The third kappa shape index (κ3) is 3.83. The number of aliphatic carboxylic acids is 1. The molecule has 1 aromatic rings. The van der Waals surface area contributed by atoms with Crippen LogP contribution >= 0.6 is 11.3 Å².